The topological polar surface area (TPSA) is 158 Å². The van der Waals surface area contributed by atoms with Crippen molar-refractivity contribution in [1.82, 2.24) is 0 Å². The number of hydrogen-bond donors (Lipinski definition) is 2. The van der Waals surface area contributed by atoms with Gasteiger partial charge in [-0.1, -0.05) is 35.4 Å². The van der Waals surface area contributed by atoms with Crippen molar-refractivity contribution in [3.63, 3.8) is 0 Å². The Kier molecular flexibility index (Phi) is 7.50. The third-order valence-electron chi connectivity index (χ3n) is 6.70. The van der Waals surface area contributed by atoms with Crippen molar-refractivity contribution in [2.45, 2.75) is 37.5 Å². The van der Waals surface area contributed by atoms with Crippen LogP contribution in [0.4, 0.5) is 22.7 Å². The molecule has 0 fully saturated rings. The predicted octanol–water partition coefficient (Wildman–Crippen LogP) is 8.55. The first kappa shape index (κ1) is 29.1. The summed E-state index contributed by atoms with van der Waals surface area (Å²) >= 11 is 0. The number of fused-ring (bicyclic) bond motifs is 2. The molecular formula is C30H26N4O6S2. The van der Waals surface area contributed by atoms with Crippen LogP contribution in [0.1, 0.15) is 22.3 Å². The van der Waals surface area contributed by atoms with Gasteiger partial charge in [-0.05, 0) is 87.4 Å². The Morgan fingerprint density at radius 1 is 0.476 bits per heavy atom. The van der Waals surface area contributed by atoms with Gasteiger partial charge in [0, 0.05) is 21.5 Å². The average Bonchev–Trinajstić information content (AvgIpc) is 2.89. The summed E-state index contributed by atoms with van der Waals surface area (Å²) < 4.78 is 68.4. The quantitative estimate of drug-likeness (QED) is 0.146. The molecule has 0 aliphatic heterocycles. The summed E-state index contributed by atoms with van der Waals surface area (Å²) in [6.45, 7) is 7.43. The molecule has 0 unspecified atom stereocenters. The van der Waals surface area contributed by atoms with E-state index in [-0.39, 0.29) is 16.5 Å². The molecule has 5 aromatic rings. The first-order valence-corrected chi connectivity index (χ1v) is 15.6. The fourth-order valence-electron chi connectivity index (χ4n) is 4.75. The highest BCUT2D eigenvalue weighted by Gasteiger charge is 2.22. The van der Waals surface area contributed by atoms with Crippen LogP contribution in [0.5, 0.6) is 0 Å². The lowest BCUT2D eigenvalue weighted by atomic mass is 10.0. The highest BCUT2D eigenvalue weighted by molar-refractivity contribution is 7.86. The number of benzene rings is 5. The number of nitrogens with zero attached hydrogens (tertiary/aromatic N) is 4. The van der Waals surface area contributed by atoms with Gasteiger partial charge in [0.05, 0.1) is 22.7 Å². The summed E-state index contributed by atoms with van der Waals surface area (Å²) in [5.74, 6) is 0. The highest BCUT2D eigenvalue weighted by Crippen LogP contribution is 2.38. The van der Waals surface area contributed by atoms with E-state index in [1.54, 1.807) is 12.1 Å². The Bertz CT molecular complexity index is 2190. The van der Waals surface area contributed by atoms with E-state index in [1.165, 1.54) is 25.1 Å². The van der Waals surface area contributed by atoms with E-state index in [4.69, 9.17) is 0 Å². The van der Waals surface area contributed by atoms with Crippen molar-refractivity contribution in [2.24, 2.45) is 20.5 Å². The molecule has 0 aliphatic rings. The van der Waals surface area contributed by atoms with Gasteiger partial charge < -0.3 is 0 Å². The Balaban J connectivity index is 1.64. The molecular weight excluding hydrogens is 576 g/mol. The smallest absolute Gasteiger partial charge is 0.282 e. The molecule has 12 heteroatoms. The van der Waals surface area contributed by atoms with Gasteiger partial charge in [-0.3, -0.25) is 9.11 Å². The Morgan fingerprint density at radius 2 is 0.976 bits per heavy atom. The predicted molar refractivity (Wildman–Crippen MR) is 161 cm³/mol. The van der Waals surface area contributed by atoms with Gasteiger partial charge in [-0.2, -0.15) is 27.1 Å². The zero-order chi connectivity index (χ0) is 30.4. The first-order chi connectivity index (χ1) is 19.7. The second-order valence-electron chi connectivity index (χ2n) is 10.1. The normalized spacial score (nSPS) is 12.7. The standard InChI is InChI=1S/C30H26N4O6S2/c1-17-6-8-26(20(4)11-17)32-34-27-9-10-28(23-12-18(2)5-7-22(23)27)33-31-21-15-25-24(30(16-21)42(38,39)40)13-19(3)14-29(25)41(35,36)37/h5-16H,1-4H3,(H,35,36,37)(H,38,39,40). The fraction of sp³-hybridized carbons (Fsp3) is 0.133. The molecule has 0 bridgehead atoms. The van der Waals surface area contributed by atoms with Crippen LogP contribution in [0.2, 0.25) is 0 Å². The van der Waals surface area contributed by atoms with Crippen LogP contribution in [0.25, 0.3) is 21.5 Å². The van der Waals surface area contributed by atoms with Gasteiger partial charge >= 0.3 is 0 Å². The number of aryl methyl sites for hydroxylation is 4. The summed E-state index contributed by atoms with van der Waals surface area (Å²) in [4.78, 5) is -1.08. The maximum atomic E-state index is 12.2. The average molecular weight is 603 g/mol. The van der Waals surface area contributed by atoms with E-state index in [0.29, 0.717) is 22.3 Å². The second kappa shape index (κ2) is 10.8. The van der Waals surface area contributed by atoms with Gasteiger partial charge in [-0.25, -0.2) is 0 Å². The van der Waals surface area contributed by atoms with Gasteiger partial charge in [0.15, 0.2) is 0 Å². The summed E-state index contributed by atoms with van der Waals surface area (Å²) in [6, 6.07) is 20.0. The lowest BCUT2D eigenvalue weighted by molar-refractivity contribution is 0.481. The monoisotopic (exact) mass is 602 g/mol. The third kappa shape index (κ3) is 5.97. The number of azo groups is 2. The van der Waals surface area contributed by atoms with Crippen LogP contribution in [-0.2, 0) is 20.2 Å². The fourth-order valence-corrected chi connectivity index (χ4v) is 6.24. The summed E-state index contributed by atoms with van der Waals surface area (Å²) in [5.41, 5.74) is 5.18. The van der Waals surface area contributed by atoms with Crippen LogP contribution < -0.4 is 0 Å². The van der Waals surface area contributed by atoms with Gasteiger partial charge in [0.25, 0.3) is 20.2 Å². The minimum atomic E-state index is -4.80. The molecule has 0 radical (unpaired) electrons. The largest absolute Gasteiger partial charge is 0.295 e. The number of hydrogen-bond acceptors (Lipinski definition) is 8. The maximum Gasteiger partial charge on any atom is 0.295 e. The van der Waals surface area contributed by atoms with Crippen molar-refractivity contribution in [3.8, 4) is 0 Å². The molecule has 214 valence electrons. The third-order valence-corrected chi connectivity index (χ3v) is 8.48. The zero-order valence-electron chi connectivity index (χ0n) is 23.1. The zero-order valence-corrected chi connectivity index (χ0v) is 24.7. The van der Waals surface area contributed by atoms with E-state index >= 15 is 0 Å². The molecule has 42 heavy (non-hydrogen) atoms. The second-order valence-corrected chi connectivity index (χ2v) is 12.9. The van der Waals surface area contributed by atoms with Crippen molar-refractivity contribution < 1.29 is 25.9 Å². The van der Waals surface area contributed by atoms with Gasteiger partial charge in [0.2, 0.25) is 0 Å². The molecule has 10 nitrogen and oxygen atoms in total. The minimum Gasteiger partial charge on any atom is -0.282 e. The van der Waals surface area contributed by atoms with Gasteiger partial charge in [0.1, 0.15) is 9.79 Å². The molecule has 0 amide bonds. The Hall–Kier alpha value is -4.36. The highest BCUT2D eigenvalue weighted by atomic mass is 32.2. The first-order valence-electron chi connectivity index (χ1n) is 12.7. The maximum absolute atomic E-state index is 12.2. The molecule has 5 rings (SSSR count). The molecule has 2 N–H and O–H groups in total. The van der Waals surface area contributed by atoms with Crippen molar-refractivity contribution >= 4 is 64.5 Å². The lowest BCUT2D eigenvalue weighted by Crippen LogP contribution is -2.03. The van der Waals surface area contributed by atoms with Crippen LogP contribution >= 0.6 is 0 Å². The van der Waals surface area contributed by atoms with E-state index in [2.05, 4.69) is 20.5 Å². The van der Waals surface area contributed by atoms with E-state index in [1.807, 2.05) is 57.2 Å². The summed E-state index contributed by atoms with van der Waals surface area (Å²) in [7, 11) is -9.53. The molecule has 0 aliphatic carbocycles. The van der Waals surface area contributed by atoms with Crippen LogP contribution in [0.3, 0.4) is 0 Å². The molecule has 0 heterocycles. The summed E-state index contributed by atoms with van der Waals surface area (Å²) in [5, 5.41) is 18.7. The molecule has 0 aromatic heterocycles. The van der Waals surface area contributed by atoms with Crippen molar-refractivity contribution in [1.29, 1.82) is 0 Å². The van der Waals surface area contributed by atoms with Crippen LogP contribution in [-0.4, -0.2) is 25.9 Å². The van der Waals surface area contributed by atoms with E-state index in [9.17, 15) is 25.9 Å². The minimum absolute atomic E-state index is 0.0525. The molecule has 0 spiro atoms. The van der Waals surface area contributed by atoms with Gasteiger partial charge in [-0.15, -0.1) is 10.2 Å². The molecule has 0 saturated carbocycles. The SMILES string of the molecule is Cc1ccc(N=Nc2ccc(N=Nc3cc(S(=O)(=O)O)c4cc(C)cc(S(=O)(=O)O)c4c3)c3cc(C)ccc23)c(C)c1. The molecule has 0 saturated heterocycles. The Labute approximate surface area is 243 Å². The van der Waals surface area contributed by atoms with Crippen LogP contribution in [0, 0.1) is 27.7 Å². The van der Waals surface area contributed by atoms with Crippen molar-refractivity contribution in [3.05, 3.63) is 95.1 Å². The number of rotatable bonds is 6. The molecule has 5 aromatic carbocycles. The van der Waals surface area contributed by atoms with E-state index < -0.39 is 30.0 Å². The van der Waals surface area contributed by atoms with Crippen LogP contribution in [0.15, 0.2) is 103 Å². The lowest BCUT2D eigenvalue weighted by Gasteiger charge is -2.10. The molecule has 0 atom stereocenters. The Morgan fingerprint density at radius 3 is 1.64 bits per heavy atom. The van der Waals surface area contributed by atoms with E-state index in [0.717, 1.165) is 33.8 Å². The van der Waals surface area contributed by atoms with Crippen molar-refractivity contribution in [2.75, 3.05) is 0 Å². The summed E-state index contributed by atoms with van der Waals surface area (Å²) in [6.07, 6.45) is 0.